The van der Waals surface area contributed by atoms with Crippen molar-refractivity contribution in [3.63, 3.8) is 0 Å². The number of carbonyl (C=O) groups is 1. The molecule has 3 nitrogen and oxygen atoms in total. The first-order chi connectivity index (χ1) is 7.67. The highest BCUT2D eigenvalue weighted by Crippen LogP contribution is 2.13. The number of aryl methyl sites for hydroxylation is 1. The smallest absolute Gasteiger partial charge is 0.228 e. The average Bonchev–Trinajstić information content (AvgIpc) is 2.25. The lowest BCUT2D eigenvalue weighted by atomic mass is 10.0. The number of nitrogens with one attached hydrogen (secondary N) is 1. The van der Waals surface area contributed by atoms with Crippen molar-refractivity contribution in [3.8, 4) is 0 Å². The van der Waals surface area contributed by atoms with Crippen LogP contribution in [0.4, 0.5) is 5.69 Å². The minimum absolute atomic E-state index is 0.0231. The fourth-order valence-corrected chi connectivity index (χ4v) is 1.67. The summed E-state index contributed by atoms with van der Waals surface area (Å²) in [4.78, 5) is 11.9. The van der Waals surface area contributed by atoms with Gasteiger partial charge in [-0.3, -0.25) is 4.79 Å². The molecule has 0 fully saturated rings. The Kier molecular flexibility index (Phi) is 4.99. The summed E-state index contributed by atoms with van der Waals surface area (Å²) in [6, 6.07) is 7.78. The third-order valence-corrected chi connectivity index (χ3v) is 2.58. The molecule has 1 unspecified atom stereocenters. The van der Waals surface area contributed by atoms with Gasteiger partial charge in [0.1, 0.15) is 0 Å². The molecule has 16 heavy (non-hydrogen) atoms. The van der Waals surface area contributed by atoms with Crippen LogP contribution < -0.4 is 11.1 Å². The highest BCUT2D eigenvalue weighted by molar-refractivity contribution is 5.92. The van der Waals surface area contributed by atoms with Crippen molar-refractivity contribution in [2.45, 2.75) is 26.7 Å². The average molecular weight is 220 g/mol. The van der Waals surface area contributed by atoms with Crippen LogP contribution in [0.5, 0.6) is 0 Å². The van der Waals surface area contributed by atoms with Crippen LogP contribution in [-0.2, 0) is 4.79 Å². The van der Waals surface area contributed by atoms with Crippen molar-refractivity contribution in [1.82, 2.24) is 0 Å². The van der Waals surface area contributed by atoms with Crippen molar-refractivity contribution < 1.29 is 4.79 Å². The molecular weight excluding hydrogens is 200 g/mol. The molecule has 1 aromatic rings. The number of hydrogen-bond donors (Lipinski definition) is 2. The maximum Gasteiger partial charge on any atom is 0.228 e. The standard InChI is InChI=1S/C13H20N2O/c1-3-5-11(9-14)13(16)15-12-7-4-6-10(2)8-12/h4,6-8,11H,3,5,9,14H2,1-2H3,(H,15,16). The lowest BCUT2D eigenvalue weighted by molar-refractivity contribution is -0.119. The second-order valence-corrected chi connectivity index (χ2v) is 4.08. The fraction of sp³-hybridized carbons (Fsp3) is 0.462. The Bertz CT molecular complexity index is 350. The molecule has 0 aliphatic rings. The first kappa shape index (κ1) is 12.7. The molecule has 0 aliphatic carbocycles. The molecule has 0 aromatic heterocycles. The normalized spacial score (nSPS) is 12.2. The minimum atomic E-state index is -0.0782. The highest BCUT2D eigenvalue weighted by Gasteiger charge is 2.15. The summed E-state index contributed by atoms with van der Waals surface area (Å²) < 4.78 is 0. The SMILES string of the molecule is CCCC(CN)C(=O)Nc1cccc(C)c1. The van der Waals surface area contributed by atoms with Crippen LogP contribution >= 0.6 is 0 Å². The maximum absolute atomic E-state index is 11.9. The van der Waals surface area contributed by atoms with Gasteiger partial charge in [-0.05, 0) is 31.0 Å². The maximum atomic E-state index is 11.9. The molecule has 0 radical (unpaired) electrons. The summed E-state index contributed by atoms with van der Waals surface area (Å²) in [6.45, 7) is 4.47. The van der Waals surface area contributed by atoms with Crippen molar-refractivity contribution in [3.05, 3.63) is 29.8 Å². The van der Waals surface area contributed by atoms with Gasteiger partial charge < -0.3 is 11.1 Å². The summed E-state index contributed by atoms with van der Waals surface area (Å²) in [7, 11) is 0. The molecule has 1 aromatic carbocycles. The molecule has 1 atom stereocenters. The zero-order chi connectivity index (χ0) is 12.0. The number of anilines is 1. The molecule has 0 bridgehead atoms. The van der Waals surface area contributed by atoms with E-state index in [1.165, 1.54) is 0 Å². The van der Waals surface area contributed by atoms with Crippen molar-refractivity contribution >= 4 is 11.6 Å². The van der Waals surface area contributed by atoms with E-state index in [-0.39, 0.29) is 11.8 Å². The molecule has 0 spiro atoms. The first-order valence-electron chi connectivity index (χ1n) is 5.75. The Hall–Kier alpha value is -1.35. The van der Waals surface area contributed by atoms with E-state index in [1.807, 2.05) is 31.2 Å². The van der Waals surface area contributed by atoms with Crippen LogP contribution in [0, 0.1) is 12.8 Å². The van der Waals surface area contributed by atoms with Gasteiger partial charge in [0.15, 0.2) is 0 Å². The Morgan fingerprint density at radius 1 is 1.50 bits per heavy atom. The topological polar surface area (TPSA) is 55.1 Å². The minimum Gasteiger partial charge on any atom is -0.330 e. The lowest BCUT2D eigenvalue weighted by Crippen LogP contribution is -2.29. The van der Waals surface area contributed by atoms with Gasteiger partial charge in [-0.15, -0.1) is 0 Å². The third-order valence-electron chi connectivity index (χ3n) is 2.58. The number of nitrogens with two attached hydrogens (primary N) is 1. The number of hydrogen-bond acceptors (Lipinski definition) is 2. The number of carbonyl (C=O) groups excluding carboxylic acids is 1. The Balaban J connectivity index is 2.62. The highest BCUT2D eigenvalue weighted by atomic mass is 16.1. The summed E-state index contributed by atoms with van der Waals surface area (Å²) in [5.41, 5.74) is 7.57. The summed E-state index contributed by atoms with van der Waals surface area (Å²) in [6.07, 6.45) is 1.82. The van der Waals surface area contributed by atoms with Crippen LogP contribution in [0.1, 0.15) is 25.3 Å². The molecule has 1 amide bonds. The Morgan fingerprint density at radius 3 is 2.81 bits per heavy atom. The van der Waals surface area contributed by atoms with E-state index >= 15 is 0 Å². The molecule has 88 valence electrons. The summed E-state index contributed by atoms with van der Waals surface area (Å²) >= 11 is 0. The van der Waals surface area contributed by atoms with Crippen LogP contribution in [0.2, 0.25) is 0 Å². The molecular formula is C13H20N2O. The molecule has 3 N–H and O–H groups in total. The number of amides is 1. The molecule has 3 heteroatoms. The van der Waals surface area contributed by atoms with Crippen LogP contribution in [0.15, 0.2) is 24.3 Å². The van der Waals surface area contributed by atoms with Crippen LogP contribution in [-0.4, -0.2) is 12.5 Å². The van der Waals surface area contributed by atoms with Crippen LogP contribution in [0.3, 0.4) is 0 Å². The third kappa shape index (κ3) is 3.66. The van der Waals surface area contributed by atoms with Crippen molar-refractivity contribution in [1.29, 1.82) is 0 Å². The molecule has 0 aliphatic heterocycles. The van der Waals surface area contributed by atoms with E-state index in [4.69, 9.17) is 5.73 Å². The second kappa shape index (κ2) is 6.28. The van der Waals surface area contributed by atoms with Gasteiger partial charge in [0, 0.05) is 12.2 Å². The fourth-order valence-electron chi connectivity index (χ4n) is 1.67. The molecule has 0 heterocycles. The van der Waals surface area contributed by atoms with Crippen LogP contribution in [0.25, 0.3) is 0 Å². The summed E-state index contributed by atoms with van der Waals surface area (Å²) in [5.74, 6) is -0.0551. The van der Waals surface area contributed by atoms with Crippen molar-refractivity contribution in [2.24, 2.45) is 11.7 Å². The van der Waals surface area contributed by atoms with Gasteiger partial charge >= 0.3 is 0 Å². The van der Waals surface area contributed by atoms with Gasteiger partial charge in [-0.25, -0.2) is 0 Å². The summed E-state index contributed by atoms with van der Waals surface area (Å²) in [5, 5.41) is 2.90. The van der Waals surface area contributed by atoms with E-state index in [9.17, 15) is 4.79 Å². The van der Waals surface area contributed by atoms with E-state index in [0.29, 0.717) is 6.54 Å². The van der Waals surface area contributed by atoms with E-state index < -0.39 is 0 Å². The van der Waals surface area contributed by atoms with E-state index in [2.05, 4.69) is 12.2 Å². The van der Waals surface area contributed by atoms with Gasteiger partial charge in [0.2, 0.25) is 5.91 Å². The Morgan fingerprint density at radius 2 is 2.25 bits per heavy atom. The van der Waals surface area contributed by atoms with E-state index in [1.54, 1.807) is 0 Å². The number of rotatable bonds is 5. The zero-order valence-corrected chi connectivity index (χ0v) is 9.99. The molecule has 1 rings (SSSR count). The van der Waals surface area contributed by atoms with Gasteiger partial charge in [0.25, 0.3) is 0 Å². The molecule has 0 saturated carbocycles. The van der Waals surface area contributed by atoms with E-state index in [0.717, 1.165) is 24.1 Å². The van der Waals surface area contributed by atoms with Crippen molar-refractivity contribution in [2.75, 3.05) is 11.9 Å². The second-order valence-electron chi connectivity index (χ2n) is 4.08. The Labute approximate surface area is 97.0 Å². The van der Waals surface area contributed by atoms with Gasteiger partial charge in [0.05, 0.1) is 5.92 Å². The quantitative estimate of drug-likeness (QED) is 0.800. The largest absolute Gasteiger partial charge is 0.330 e. The first-order valence-corrected chi connectivity index (χ1v) is 5.75. The predicted octanol–water partition coefficient (Wildman–Crippen LogP) is 2.31. The monoisotopic (exact) mass is 220 g/mol. The predicted molar refractivity (Wildman–Crippen MR) is 67.3 cm³/mol. The molecule has 0 saturated heterocycles. The lowest BCUT2D eigenvalue weighted by Gasteiger charge is -2.14. The zero-order valence-electron chi connectivity index (χ0n) is 9.99. The van der Waals surface area contributed by atoms with Gasteiger partial charge in [-0.1, -0.05) is 25.5 Å². The number of benzene rings is 1. The van der Waals surface area contributed by atoms with Gasteiger partial charge in [-0.2, -0.15) is 0 Å².